The standard InChI is InChI=1S/C16H10BrCl2N3OS2/c17-11-4-1-9(2-5-11)14(23)20-15-21-22-16(25-15)24-8-10-3-6-12(18)7-13(10)19/h1-7H,8H2,(H,20,21,23). The summed E-state index contributed by atoms with van der Waals surface area (Å²) in [5, 5.41) is 12.5. The van der Waals surface area contributed by atoms with Crippen LogP contribution in [0.1, 0.15) is 15.9 Å². The summed E-state index contributed by atoms with van der Waals surface area (Å²) in [4.78, 5) is 12.2. The number of benzene rings is 2. The summed E-state index contributed by atoms with van der Waals surface area (Å²) in [6, 6.07) is 12.5. The lowest BCUT2D eigenvalue weighted by Crippen LogP contribution is -2.11. The van der Waals surface area contributed by atoms with E-state index in [1.165, 1.54) is 23.1 Å². The predicted molar refractivity (Wildman–Crippen MR) is 108 cm³/mol. The Morgan fingerprint density at radius 1 is 1.16 bits per heavy atom. The summed E-state index contributed by atoms with van der Waals surface area (Å²) in [6.45, 7) is 0. The lowest BCUT2D eigenvalue weighted by Gasteiger charge is -2.02. The van der Waals surface area contributed by atoms with E-state index in [2.05, 4.69) is 31.4 Å². The Morgan fingerprint density at radius 3 is 2.64 bits per heavy atom. The minimum Gasteiger partial charge on any atom is -0.296 e. The number of hydrogen-bond donors (Lipinski definition) is 1. The molecule has 2 aromatic carbocycles. The molecule has 9 heteroatoms. The van der Waals surface area contributed by atoms with Crippen molar-refractivity contribution >= 4 is 73.3 Å². The smallest absolute Gasteiger partial charge is 0.257 e. The highest BCUT2D eigenvalue weighted by Gasteiger charge is 2.11. The van der Waals surface area contributed by atoms with Crippen LogP contribution in [-0.2, 0) is 5.75 Å². The Labute approximate surface area is 171 Å². The van der Waals surface area contributed by atoms with Gasteiger partial charge in [0.1, 0.15) is 0 Å². The van der Waals surface area contributed by atoms with Crippen LogP contribution in [0.5, 0.6) is 0 Å². The highest BCUT2D eigenvalue weighted by atomic mass is 79.9. The number of nitrogens with one attached hydrogen (secondary N) is 1. The molecule has 0 saturated heterocycles. The van der Waals surface area contributed by atoms with Crippen LogP contribution in [0.3, 0.4) is 0 Å². The van der Waals surface area contributed by atoms with Crippen molar-refractivity contribution in [2.24, 2.45) is 0 Å². The highest BCUT2D eigenvalue weighted by molar-refractivity contribution is 9.10. The highest BCUT2D eigenvalue weighted by Crippen LogP contribution is 2.31. The van der Waals surface area contributed by atoms with E-state index in [0.717, 1.165) is 14.4 Å². The van der Waals surface area contributed by atoms with Crippen LogP contribution in [-0.4, -0.2) is 16.1 Å². The van der Waals surface area contributed by atoms with Gasteiger partial charge in [-0.1, -0.05) is 68.3 Å². The van der Waals surface area contributed by atoms with E-state index in [1.54, 1.807) is 24.3 Å². The van der Waals surface area contributed by atoms with Crippen molar-refractivity contribution in [1.29, 1.82) is 0 Å². The molecule has 128 valence electrons. The molecule has 4 nitrogen and oxygen atoms in total. The molecule has 0 unspecified atom stereocenters. The minimum absolute atomic E-state index is 0.221. The molecule has 3 rings (SSSR count). The maximum atomic E-state index is 12.2. The first-order valence-corrected chi connectivity index (χ1v) is 10.3. The first-order valence-electron chi connectivity index (χ1n) is 6.98. The van der Waals surface area contributed by atoms with E-state index in [0.29, 0.717) is 26.5 Å². The maximum Gasteiger partial charge on any atom is 0.257 e. The minimum atomic E-state index is -0.221. The number of halogens is 3. The summed E-state index contributed by atoms with van der Waals surface area (Å²) in [7, 11) is 0. The number of amides is 1. The second-order valence-corrected chi connectivity index (χ2v) is 8.82. The molecule has 25 heavy (non-hydrogen) atoms. The number of rotatable bonds is 5. The van der Waals surface area contributed by atoms with Crippen LogP contribution >= 0.6 is 62.2 Å². The zero-order valence-corrected chi connectivity index (χ0v) is 17.2. The Bertz CT molecular complexity index is 903. The van der Waals surface area contributed by atoms with E-state index >= 15 is 0 Å². The Balaban J connectivity index is 1.60. The predicted octanol–water partition coefficient (Wildman–Crippen LogP) is 6.15. The number of thioether (sulfide) groups is 1. The van der Waals surface area contributed by atoms with Gasteiger partial charge in [-0.3, -0.25) is 10.1 Å². The van der Waals surface area contributed by atoms with Crippen molar-refractivity contribution in [3.63, 3.8) is 0 Å². The van der Waals surface area contributed by atoms with E-state index in [1.807, 2.05) is 18.2 Å². The normalized spacial score (nSPS) is 10.7. The fourth-order valence-electron chi connectivity index (χ4n) is 1.87. The fraction of sp³-hybridized carbons (Fsp3) is 0.0625. The Kier molecular flexibility index (Phi) is 6.35. The monoisotopic (exact) mass is 473 g/mol. The van der Waals surface area contributed by atoms with E-state index in [9.17, 15) is 4.79 Å². The van der Waals surface area contributed by atoms with Crippen LogP contribution in [0.25, 0.3) is 0 Å². The van der Waals surface area contributed by atoms with Gasteiger partial charge >= 0.3 is 0 Å². The lowest BCUT2D eigenvalue weighted by atomic mass is 10.2. The van der Waals surface area contributed by atoms with E-state index in [4.69, 9.17) is 23.2 Å². The molecule has 0 aliphatic heterocycles. The first-order chi connectivity index (χ1) is 12.0. The topological polar surface area (TPSA) is 54.9 Å². The average molecular weight is 475 g/mol. The zero-order valence-electron chi connectivity index (χ0n) is 12.5. The van der Waals surface area contributed by atoms with E-state index in [-0.39, 0.29) is 5.91 Å². The largest absolute Gasteiger partial charge is 0.296 e. The third-order valence-electron chi connectivity index (χ3n) is 3.10. The van der Waals surface area contributed by atoms with Crippen molar-refractivity contribution < 1.29 is 4.79 Å². The van der Waals surface area contributed by atoms with Gasteiger partial charge in [-0.15, -0.1) is 10.2 Å². The second-order valence-electron chi connectivity index (χ2n) is 4.86. The van der Waals surface area contributed by atoms with Gasteiger partial charge in [0.25, 0.3) is 5.91 Å². The molecular weight excluding hydrogens is 465 g/mol. The molecule has 0 spiro atoms. The number of carbonyl (C=O) groups is 1. The Morgan fingerprint density at radius 2 is 1.92 bits per heavy atom. The third kappa shape index (κ3) is 5.18. The molecule has 1 N–H and O–H groups in total. The number of anilines is 1. The van der Waals surface area contributed by atoms with Crippen LogP contribution in [0, 0.1) is 0 Å². The number of nitrogens with zero attached hydrogens (tertiary/aromatic N) is 2. The molecule has 0 saturated carbocycles. The lowest BCUT2D eigenvalue weighted by molar-refractivity contribution is 0.102. The van der Waals surface area contributed by atoms with Crippen molar-refractivity contribution in [3.05, 3.63) is 68.1 Å². The molecule has 1 heterocycles. The average Bonchev–Trinajstić information content (AvgIpc) is 3.02. The Hall–Kier alpha value is -1.12. The second kappa shape index (κ2) is 8.51. The molecule has 0 radical (unpaired) electrons. The molecule has 3 aromatic rings. The van der Waals surface area contributed by atoms with Gasteiger partial charge in [0.15, 0.2) is 4.34 Å². The van der Waals surface area contributed by atoms with Crippen LogP contribution in [0.15, 0.2) is 51.3 Å². The van der Waals surface area contributed by atoms with Crippen LogP contribution in [0.4, 0.5) is 5.13 Å². The summed E-state index contributed by atoms with van der Waals surface area (Å²) >= 11 is 18.2. The summed E-state index contributed by atoms with van der Waals surface area (Å²) in [5.41, 5.74) is 1.52. The van der Waals surface area contributed by atoms with Gasteiger partial charge in [0.2, 0.25) is 5.13 Å². The van der Waals surface area contributed by atoms with Gasteiger partial charge in [-0.25, -0.2) is 0 Å². The molecule has 0 atom stereocenters. The van der Waals surface area contributed by atoms with Crippen molar-refractivity contribution in [3.8, 4) is 0 Å². The summed E-state index contributed by atoms with van der Waals surface area (Å²) in [5.74, 6) is 0.423. The first kappa shape index (κ1) is 18.7. The van der Waals surface area contributed by atoms with Gasteiger partial charge in [0.05, 0.1) is 0 Å². The van der Waals surface area contributed by atoms with Crippen molar-refractivity contribution in [1.82, 2.24) is 10.2 Å². The molecular formula is C16H10BrCl2N3OS2. The molecule has 1 aromatic heterocycles. The van der Waals surface area contributed by atoms with Crippen LogP contribution in [0.2, 0.25) is 10.0 Å². The number of aromatic nitrogens is 2. The quantitative estimate of drug-likeness (QED) is 0.355. The summed E-state index contributed by atoms with van der Waals surface area (Å²) < 4.78 is 1.66. The maximum absolute atomic E-state index is 12.2. The SMILES string of the molecule is O=C(Nc1nnc(SCc2ccc(Cl)cc2Cl)s1)c1ccc(Br)cc1. The van der Waals surface area contributed by atoms with Gasteiger partial charge in [-0.2, -0.15) is 0 Å². The number of carbonyl (C=O) groups excluding carboxylic acids is 1. The van der Waals surface area contributed by atoms with Crippen LogP contribution < -0.4 is 5.32 Å². The van der Waals surface area contributed by atoms with Crippen molar-refractivity contribution in [2.75, 3.05) is 5.32 Å². The molecule has 0 aliphatic carbocycles. The summed E-state index contributed by atoms with van der Waals surface area (Å²) in [6.07, 6.45) is 0. The molecule has 0 fully saturated rings. The van der Waals surface area contributed by atoms with E-state index < -0.39 is 0 Å². The molecule has 0 bridgehead atoms. The third-order valence-corrected chi connectivity index (χ3v) is 6.24. The molecule has 1 amide bonds. The number of hydrogen-bond acceptors (Lipinski definition) is 5. The van der Waals surface area contributed by atoms with Gasteiger partial charge in [-0.05, 0) is 42.0 Å². The fourth-order valence-corrected chi connectivity index (χ4v) is 4.44. The van der Waals surface area contributed by atoms with Gasteiger partial charge in [0, 0.05) is 25.8 Å². The van der Waals surface area contributed by atoms with Crippen molar-refractivity contribution in [2.45, 2.75) is 10.1 Å². The van der Waals surface area contributed by atoms with Gasteiger partial charge < -0.3 is 0 Å². The zero-order chi connectivity index (χ0) is 17.8. The molecule has 0 aliphatic rings.